The van der Waals surface area contributed by atoms with Crippen LogP contribution in [0.2, 0.25) is 0 Å². The summed E-state index contributed by atoms with van der Waals surface area (Å²) in [4.78, 5) is 0. The van der Waals surface area contributed by atoms with E-state index in [0.717, 1.165) is 19.6 Å². The van der Waals surface area contributed by atoms with Crippen LogP contribution >= 0.6 is 0 Å². The van der Waals surface area contributed by atoms with E-state index in [0.29, 0.717) is 0 Å². The Morgan fingerprint density at radius 3 is 3.43 bits per heavy atom. The van der Waals surface area contributed by atoms with E-state index in [4.69, 9.17) is 9.47 Å². The zero-order valence-corrected chi connectivity index (χ0v) is 4.02. The molecule has 0 fully saturated rings. The Hall–Kier alpha value is -0.660. The molecule has 0 saturated heterocycles. The van der Waals surface area contributed by atoms with Crippen molar-refractivity contribution in [3.63, 3.8) is 0 Å². The van der Waals surface area contributed by atoms with Gasteiger partial charge in [-0.15, -0.1) is 0 Å². The fraction of sp³-hybridized carbons (Fsp3) is 0.600. The van der Waals surface area contributed by atoms with E-state index in [9.17, 15) is 0 Å². The van der Waals surface area contributed by atoms with Gasteiger partial charge in [0.05, 0.1) is 13.2 Å². The SMILES string of the molecule is [C]1=COCCCO1. The van der Waals surface area contributed by atoms with Gasteiger partial charge in [0, 0.05) is 6.42 Å². The Bertz CT molecular complexity index is 60.5. The van der Waals surface area contributed by atoms with Gasteiger partial charge in [-0.25, -0.2) is 0 Å². The van der Waals surface area contributed by atoms with E-state index < -0.39 is 0 Å². The van der Waals surface area contributed by atoms with E-state index in [1.54, 1.807) is 0 Å². The summed E-state index contributed by atoms with van der Waals surface area (Å²) >= 11 is 0. The minimum atomic E-state index is 0.733. The second-order valence-corrected chi connectivity index (χ2v) is 1.31. The van der Waals surface area contributed by atoms with Crippen molar-refractivity contribution in [3.8, 4) is 0 Å². The third-order valence-electron chi connectivity index (χ3n) is 0.723. The van der Waals surface area contributed by atoms with Crippen molar-refractivity contribution >= 4 is 0 Å². The minimum absolute atomic E-state index is 0.733. The third-order valence-corrected chi connectivity index (χ3v) is 0.723. The first-order chi connectivity index (χ1) is 3.50. The Labute approximate surface area is 42.7 Å². The monoisotopic (exact) mass is 99.0 g/mol. The van der Waals surface area contributed by atoms with Gasteiger partial charge in [0.2, 0.25) is 0 Å². The summed E-state index contributed by atoms with van der Waals surface area (Å²) in [7, 11) is 0. The molecule has 0 amide bonds. The molecule has 0 aromatic heterocycles. The molecule has 0 saturated carbocycles. The first-order valence-corrected chi connectivity index (χ1v) is 2.31. The van der Waals surface area contributed by atoms with E-state index in [1.165, 1.54) is 6.26 Å². The van der Waals surface area contributed by atoms with Gasteiger partial charge in [-0.1, -0.05) is 0 Å². The largest absolute Gasteiger partial charge is 0.497 e. The van der Waals surface area contributed by atoms with Crippen molar-refractivity contribution < 1.29 is 9.47 Å². The lowest BCUT2D eigenvalue weighted by molar-refractivity contribution is 0.220. The lowest BCUT2D eigenvalue weighted by Gasteiger charge is -1.90. The van der Waals surface area contributed by atoms with Crippen LogP contribution in [0.15, 0.2) is 6.26 Å². The standard InChI is InChI=1S/C5H7O2/c1-2-6-4-5-7-3-1/h4H,1-3H2. The maximum Gasteiger partial charge on any atom is 0.199 e. The highest BCUT2D eigenvalue weighted by atomic mass is 16.5. The minimum Gasteiger partial charge on any atom is -0.497 e. The molecule has 0 N–H and O–H groups in total. The molecule has 0 aliphatic carbocycles. The van der Waals surface area contributed by atoms with E-state index in [1.807, 2.05) is 0 Å². The third kappa shape index (κ3) is 1.48. The average Bonchev–Trinajstić information content (AvgIpc) is 1.90. The molecule has 1 aliphatic heterocycles. The first-order valence-electron chi connectivity index (χ1n) is 2.31. The molecule has 0 aromatic carbocycles. The highest BCUT2D eigenvalue weighted by Gasteiger charge is 1.89. The number of ether oxygens (including phenoxy) is 2. The van der Waals surface area contributed by atoms with Crippen LogP contribution in [0.3, 0.4) is 0 Å². The molecule has 0 atom stereocenters. The zero-order chi connectivity index (χ0) is 4.95. The van der Waals surface area contributed by atoms with E-state index >= 15 is 0 Å². The predicted octanol–water partition coefficient (Wildman–Crippen LogP) is 0.698. The van der Waals surface area contributed by atoms with Crippen LogP contribution < -0.4 is 0 Å². The Morgan fingerprint density at radius 2 is 2.43 bits per heavy atom. The highest BCUT2D eigenvalue weighted by molar-refractivity contribution is 4.55. The van der Waals surface area contributed by atoms with Gasteiger partial charge in [-0.3, -0.25) is 0 Å². The maximum atomic E-state index is 4.83. The molecule has 1 rings (SSSR count). The number of hydrogen-bond donors (Lipinski definition) is 0. The van der Waals surface area contributed by atoms with Crippen molar-refractivity contribution in [2.75, 3.05) is 13.2 Å². The van der Waals surface area contributed by atoms with Crippen LogP contribution in [0, 0.1) is 6.26 Å². The van der Waals surface area contributed by atoms with Crippen molar-refractivity contribution in [2.45, 2.75) is 6.42 Å². The smallest absolute Gasteiger partial charge is 0.199 e. The van der Waals surface area contributed by atoms with Crippen LogP contribution in [-0.2, 0) is 9.47 Å². The van der Waals surface area contributed by atoms with Crippen LogP contribution in [0.25, 0.3) is 0 Å². The van der Waals surface area contributed by atoms with Gasteiger partial charge in [0.25, 0.3) is 0 Å². The highest BCUT2D eigenvalue weighted by Crippen LogP contribution is 1.90. The van der Waals surface area contributed by atoms with Gasteiger partial charge >= 0.3 is 0 Å². The zero-order valence-electron chi connectivity index (χ0n) is 4.02. The van der Waals surface area contributed by atoms with Crippen LogP contribution in [0.4, 0.5) is 0 Å². The maximum absolute atomic E-state index is 4.83. The number of hydrogen-bond acceptors (Lipinski definition) is 2. The summed E-state index contributed by atoms with van der Waals surface area (Å²) in [5.74, 6) is 0. The second kappa shape index (κ2) is 2.50. The van der Waals surface area contributed by atoms with E-state index in [-0.39, 0.29) is 0 Å². The lowest BCUT2D eigenvalue weighted by Crippen LogP contribution is -1.88. The molecule has 39 valence electrons. The van der Waals surface area contributed by atoms with Crippen LogP contribution in [0.5, 0.6) is 0 Å². The predicted molar refractivity (Wildman–Crippen MR) is 24.3 cm³/mol. The topological polar surface area (TPSA) is 18.5 Å². The van der Waals surface area contributed by atoms with Crippen molar-refractivity contribution in [1.82, 2.24) is 0 Å². The molecule has 0 bridgehead atoms. The van der Waals surface area contributed by atoms with E-state index in [2.05, 4.69) is 6.26 Å². The summed E-state index contributed by atoms with van der Waals surface area (Å²) < 4.78 is 9.60. The molecule has 1 heterocycles. The summed E-state index contributed by atoms with van der Waals surface area (Å²) in [6.45, 7) is 1.49. The molecular formula is C5H7O2. The summed E-state index contributed by atoms with van der Waals surface area (Å²) in [6, 6.07) is 0. The lowest BCUT2D eigenvalue weighted by atomic mass is 10.5. The second-order valence-electron chi connectivity index (χ2n) is 1.31. The van der Waals surface area contributed by atoms with Gasteiger partial charge < -0.3 is 9.47 Å². The fourth-order valence-corrected chi connectivity index (χ4v) is 0.400. The summed E-state index contributed by atoms with van der Waals surface area (Å²) in [5.41, 5.74) is 0. The Balaban J connectivity index is 2.20. The average molecular weight is 99.1 g/mol. The Morgan fingerprint density at radius 1 is 1.43 bits per heavy atom. The van der Waals surface area contributed by atoms with Gasteiger partial charge in [-0.2, -0.15) is 0 Å². The molecule has 1 aliphatic rings. The fourth-order valence-electron chi connectivity index (χ4n) is 0.400. The van der Waals surface area contributed by atoms with Crippen molar-refractivity contribution in [2.24, 2.45) is 0 Å². The van der Waals surface area contributed by atoms with Crippen LogP contribution in [0.1, 0.15) is 6.42 Å². The quantitative estimate of drug-likeness (QED) is 0.445. The molecule has 0 unspecified atom stereocenters. The van der Waals surface area contributed by atoms with Crippen molar-refractivity contribution in [3.05, 3.63) is 12.5 Å². The first kappa shape index (κ1) is 4.50. The van der Waals surface area contributed by atoms with Crippen LogP contribution in [-0.4, -0.2) is 13.2 Å². The molecule has 2 nitrogen and oxygen atoms in total. The van der Waals surface area contributed by atoms with Crippen molar-refractivity contribution in [1.29, 1.82) is 0 Å². The van der Waals surface area contributed by atoms with Gasteiger partial charge in [0.15, 0.2) is 6.26 Å². The molecule has 2 heteroatoms. The van der Waals surface area contributed by atoms with Gasteiger partial charge in [-0.05, 0) is 0 Å². The molecule has 7 heavy (non-hydrogen) atoms. The summed E-state index contributed by atoms with van der Waals surface area (Å²) in [6.07, 6.45) is 4.91. The summed E-state index contributed by atoms with van der Waals surface area (Å²) in [5, 5.41) is 0. The molecule has 1 radical (unpaired) electrons. The molecule has 0 spiro atoms. The number of rotatable bonds is 0. The molecular weight excluding hydrogens is 92.1 g/mol. The normalized spacial score (nSPS) is 19.4. The Kier molecular flexibility index (Phi) is 1.61. The van der Waals surface area contributed by atoms with Gasteiger partial charge in [0.1, 0.15) is 6.26 Å². The molecule has 0 aromatic rings.